The third-order valence-electron chi connectivity index (χ3n) is 3.39. The number of nitrogens with two attached hydrogens (primary N) is 1. The molecule has 0 bridgehead atoms. The number of rotatable bonds is 3. The Morgan fingerprint density at radius 2 is 1.76 bits per heavy atom. The van der Waals surface area contributed by atoms with E-state index in [9.17, 15) is 0 Å². The van der Waals surface area contributed by atoms with E-state index in [4.69, 9.17) is 5.73 Å². The van der Waals surface area contributed by atoms with Crippen LogP contribution in [0.2, 0.25) is 0 Å². The fourth-order valence-electron chi connectivity index (χ4n) is 1.98. The smallest absolute Gasteiger partial charge is 0.0380 e. The third kappa shape index (κ3) is 2.42. The van der Waals surface area contributed by atoms with E-state index in [1.54, 1.807) is 0 Å². The van der Waals surface area contributed by atoms with Crippen LogP contribution in [0.4, 0.5) is 5.69 Å². The van der Waals surface area contributed by atoms with Gasteiger partial charge in [-0.25, -0.2) is 0 Å². The number of fused-ring (bicyclic) bond motifs is 1. The zero-order valence-corrected chi connectivity index (χ0v) is 10.8. The van der Waals surface area contributed by atoms with E-state index < -0.39 is 0 Å². The van der Waals surface area contributed by atoms with E-state index in [2.05, 4.69) is 62.2 Å². The van der Waals surface area contributed by atoms with Crippen LogP contribution in [-0.4, -0.2) is 19.6 Å². The highest BCUT2D eigenvalue weighted by molar-refractivity contribution is 5.86. The van der Waals surface area contributed by atoms with Gasteiger partial charge in [0.15, 0.2) is 0 Å². The van der Waals surface area contributed by atoms with Crippen LogP contribution in [0.1, 0.15) is 12.5 Å². The number of benzene rings is 2. The lowest BCUT2D eigenvalue weighted by Gasteiger charge is -2.26. The van der Waals surface area contributed by atoms with E-state index in [-0.39, 0.29) is 0 Å². The second-order valence-corrected chi connectivity index (χ2v) is 4.73. The Kier molecular flexibility index (Phi) is 3.34. The van der Waals surface area contributed by atoms with Gasteiger partial charge in [0.25, 0.3) is 0 Å². The quantitative estimate of drug-likeness (QED) is 0.875. The van der Waals surface area contributed by atoms with Crippen molar-refractivity contribution in [1.29, 1.82) is 0 Å². The molecule has 0 aliphatic heterocycles. The molecular formula is C15H20N2. The van der Waals surface area contributed by atoms with Crippen LogP contribution in [-0.2, 0) is 0 Å². The minimum Gasteiger partial charge on any atom is -0.371 e. The SMILES string of the molecule is Cc1ccc2cc(N(C)C(C)CN)ccc2c1. The lowest BCUT2D eigenvalue weighted by Crippen LogP contribution is -2.35. The van der Waals surface area contributed by atoms with E-state index in [1.165, 1.54) is 22.0 Å². The summed E-state index contributed by atoms with van der Waals surface area (Å²) in [5, 5.41) is 2.58. The average Bonchev–Trinajstić information content (AvgIpc) is 2.36. The average molecular weight is 228 g/mol. The van der Waals surface area contributed by atoms with Crippen LogP contribution in [0.25, 0.3) is 10.8 Å². The van der Waals surface area contributed by atoms with Crippen molar-refractivity contribution in [3.05, 3.63) is 42.0 Å². The molecule has 2 heteroatoms. The van der Waals surface area contributed by atoms with Gasteiger partial charge < -0.3 is 10.6 Å². The summed E-state index contributed by atoms with van der Waals surface area (Å²) < 4.78 is 0. The lowest BCUT2D eigenvalue weighted by atomic mass is 10.1. The Hall–Kier alpha value is -1.54. The van der Waals surface area contributed by atoms with Gasteiger partial charge in [-0.2, -0.15) is 0 Å². The zero-order valence-electron chi connectivity index (χ0n) is 10.8. The maximum absolute atomic E-state index is 5.70. The van der Waals surface area contributed by atoms with Gasteiger partial charge in [-0.3, -0.25) is 0 Å². The standard InChI is InChI=1S/C15H20N2/c1-11-4-5-14-9-15(7-6-13(14)8-11)17(3)12(2)10-16/h4-9,12H,10,16H2,1-3H3. The van der Waals surface area contributed by atoms with E-state index in [0.29, 0.717) is 12.6 Å². The molecule has 0 fully saturated rings. The van der Waals surface area contributed by atoms with E-state index in [0.717, 1.165) is 0 Å². The molecule has 0 amide bonds. The molecule has 0 aliphatic rings. The Labute approximate surface area is 103 Å². The van der Waals surface area contributed by atoms with Crippen molar-refractivity contribution in [2.45, 2.75) is 19.9 Å². The molecule has 1 unspecified atom stereocenters. The number of hydrogen-bond acceptors (Lipinski definition) is 2. The Morgan fingerprint density at radius 1 is 1.12 bits per heavy atom. The maximum atomic E-state index is 5.70. The second-order valence-electron chi connectivity index (χ2n) is 4.73. The summed E-state index contributed by atoms with van der Waals surface area (Å²) in [6.45, 7) is 4.93. The predicted octanol–water partition coefficient (Wildman–Crippen LogP) is 2.93. The third-order valence-corrected chi connectivity index (χ3v) is 3.39. The Balaban J connectivity index is 2.41. The first-order valence-corrected chi connectivity index (χ1v) is 6.05. The highest BCUT2D eigenvalue weighted by atomic mass is 15.1. The van der Waals surface area contributed by atoms with Gasteiger partial charge in [-0.1, -0.05) is 29.8 Å². The van der Waals surface area contributed by atoms with Crippen LogP contribution in [0.3, 0.4) is 0 Å². The van der Waals surface area contributed by atoms with Crippen molar-refractivity contribution in [1.82, 2.24) is 0 Å². The first-order valence-electron chi connectivity index (χ1n) is 6.05. The highest BCUT2D eigenvalue weighted by Crippen LogP contribution is 2.23. The lowest BCUT2D eigenvalue weighted by molar-refractivity contribution is 0.696. The molecule has 0 spiro atoms. The summed E-state index contributed by atoms with van der Waals surface area (Å²) >= 11 is 0. The summed E-state index contributed by atoms with van der Waals surface area (Å²) in [4.78, 5) is 2.22. The summed E-state index contributed by atoms with van der Waals surface area (Å²) in [7, 11) is 2.09. The first kappa shape index (κ1) is 11.9. The van der Waals surface area contributed by atoms with Crippen LogP contribution < -0.4 is 10.6 Å². The van der Waals surface area contributed by atoms with Crippen molar-refractivity contribution < 1.29 is 0 Å². The molecule has 90 valence electrons. The van der Waals surface area contributed by atoms with E-state index >= 15 is 0 Å². The van der Waals surface area contributed by atoms with Crippen LogP contribution >= 0.6 is 0 Å². The molecule has 2 aromatic rings. The molecule has 2 N–H and O–H groups in total. The van der Waals surface area contributed by atoms with Crippen molar-refractivity contribution in [3.8, 4) is 0 Å². The largest absolute Gasteiger partial charge is 0.371 e. The van der Waals surface area contributed by atoms with Crippen molar-refractivity contribution >= 4 is 16.5 Å². The van der Waals surface area contributed by atoms with Gasteiger partial charge in [-0.05, 0) is 36.8 Å². The van der Waals surface area contributed by atoms with Gasteiger partial charge in [0.05, 0.1) is 0 Å². The Bertz CT molecular complexity index is 519. The minimum atomic E-state index is 0.359. The maximum Gasteiger partial charge on any atom is 0.0380 e. The molecule has 0 saturated heterocycles. The first-order chi connectivity index (χ1) is 8.11. The molecular weight excluding hydrogens is 208 g/mol. The number of nitrogens with zero attached hydrogens (tertiary/aromatic N) is 1. The number of hydrogen-bond donors (Lipinski definition) is 1. The van der Waals surface area contributed by atoms with Crippen molar-refractivity contribution in [2.24, 2.45) is 5.73 Å². The van der Waals surface area contributed by atoms with E-state index in [1.807, 2.05) is 0 Å². The molecule has 17 heavy (non-hydrogen) atoms. The fraction of sp³-hybridized carbons (Fsp3) is 0.333. The van der Waals surface area contributed by atoms with Crippen molar-refractivity contribution in [3.63, 3.8) is 0 Å². The summed E-state index contributed by atoms with van der Waals surface area (Å²) in [6, 6.07) is 13.5. The Morgan fingerprint density at radius 3 is 2.47 bits per heavy atom. The predicted molar refractivity (Wildman–Crippen MR) is 75.6 cm³/mol. The molecule has 2 nitrogen and oxygen atoms in total. The van der Waals surface area contributed by atoms with Gasteiger partial charge in [0, 0.05) is 25.3 Å². The summed E-state index contributed by atoms with van der Waals surface area (Å²) in [5.74, 6) is 0. The van der Waals surface area contributed by atoms with Gasteiger partial charge in [0.1, 0.15) is 0 Å². The molecule has 1 atom stereocenters. The molecule has 2 aromatic carbocycles. The van der Waals surface area contributed by atoms with Crippen molar-refractivity contribution in [2.75, 3.05) is 18.5 Å². The van der Waals surface area contributed by atoms with Crippen LogP contribution in [0, 0.1) is 6.92 Å². The molecule has 0 saturated carbocycles. The highest BCUT2D eigenvalue weighted by Gasteiger charge is 2.08. The summed E-state index contributed by atoms with van der Waals surface area (Å²) in [5.41, 5.74) is 8.22. The van der Waals surface area contributed by atoms with Crippen LogP contribution in [0.5, 0.6) is 0 Å². The molecule has 0 aliphatic carbocycles. The molecule has 0 radical (unpaired) electrons. The fourth-order valence-corrected chi connectivity index (χ4v) is 1.98. The monoisotopic (exact) mass is 228 g/mol. The number of anilines is 1. The molecule has 2 rings (SSSR count). The van der Waals surface area contributed by atoms with Crippen LogP contribution in [0.15, 0.2) is 36.4 Å². The zero-order chi connectivity index (χ0) is 12.4. The topological polar surface area (TPSA) is 29.3 Å². The summed E-state index contributed by atoms with van der Waals surface area (Å²) in [6.07, 6.45) is 0. The van der Waals surface area contributed by atoms with Gasteiger partial charge in [0.2, 0.25) is 0 Å². The second kappa shape index (κ2) is 4.76. The minimum absolute atomic E-state index is 0.359. The van der Waals surface area contributed by atoms with Gasteiger partial charge >= 0.3 is 0 Å². The number of likely N-dealkylation sites (N-methyl/N-ethyl adjacent to an activating group) is 1. The normalized spacial score (nSPS) is 12.7. The molecule has 0 aromatic heterocycles. The van der Waals surface area contributed by atoms with Gasteiger partial charge in [-0.15, -0.1) is 0 Å². The number of aryl methyl sites for hydroxylation is 1. The molecule has 0 heterocycles.